The number of nitrogens with zero attached hydrogens (tertiary/aromatic N) is 3. The Morgan fingerprint density at radius 2 is 1.82 bits per heavy atom. The molecule has 1 saturated carbocycles. The zero-order valence-electron chi connectivity index (χ0n) is 22.0. The molecule has 2 aliphatic rings. The van der Waals surface area contributed by atoms with E-state index in [1.807, 2.05) is 71.8 Å². The first-order valence-corrected chi connectivity index (χ1v) is 13.8. The van der Waals surface area contributed by atoms with E-state index in [1.165, 1.54) is 19.3 Å². The molecule has 3 aromatic carbocycles. The smallest absolute Gasteiger partial charge is 0.319 e. The minimum Gasteiger partial charge on any atom is -0.363 e. The predicted octanol–water partition coefficient (Wildman–Crippen LogP) is 5.68. The number of fused-ring (bicyclic) bond motifs is 2. The number of carbonyl (C=O) groups is 2. The highest BCUT2D eigenvalue weighted by atomic mass is 16.2. The summed E-state index contributed by atoms with van der Waals surface area (Å²) in [6, 6.07) is 20.0. The van der Waals surface area contributed by atoms with Crippen LogP contribution >= 0.6 is 0 Å². The Bertz CT molecular complexity index is 1460. The number of hydrogen-bond acceptors (Lipinski definition) is 4. The summed E-state index contributed by atoms with van der Waals surface area (Å²) in [6.07, 6.45) is 9.23. The van der Waals surface area contributed by atoms with Crippen molar-refractivity contribution in [2.24, 2.45) is 0 Å². The maximum Gasteiger partial charge on any atom is 0.319 e. The highest BCUT2D eigenvalue weighted by Crippen LogP contribution is 2.31. The molecule has 8 nitrogen and oxygen atoms in total. The number of nitrogens with one attached hydrogen (secondary N) is 3. The van der Waals surface area contributed by atoms with Crippen molar-refractivity contribution in [3.05, 3.63) is 90.0 Å². The van der Waals surface area contributed by atoms with Gasteiger partial charge in [0.05, 0.1) is 18.6 Å². The summed E-state index contributed by atoms with van der Waals surface area (Å²) in [4.78, 5) is 38.2. The summed E-state index contributed by atoms with van der Waals surface area (Å²) in [5, 5.41) is 8.19. The molecule has 0 radical (unpaired) electrons. The number of H-pyrrole nitrogens is 1. The van der Waals surface area contributed by atoms with Gasteiger partial charge in [0.2, 0.25) is 0 Å². The van der Waals surface area contributed by atoms with Crippen LogP contribution in [0.2, 0.25) is 0 Å². The molecule has 0 spiro atoms. The zero-order chi connectivity index (χ0) is 26.6. The summed E-state index contributed by atoms with van der Waals surface area (Å²) in [6.45, 7) is 2.31. The Labute approximate surface area is 228 Å². The SMILES string of the molecule is O=C(Nc1ccc2c(c1)N(Cc1c[nH]cn1)CCN(C(=O)c1cccc3ccccc13)C2)NC1CCCCC1. The molecule has 0 bridgehead atoms. The maximum absolute atomic E-state index is 13.8. The van der Waals surface area contributed by atoms with Gasteiger partial charge in [0.25, 0.3) is 5.91 Å². The van der Waals surface area contributed by atoms with E-state index in [4.69, 9.17) is 0 Å². The highest BCUT2D eigenvalue weighted by Gasteiger charge is 2.26. The third-order valence-electron chi connectivity index (χ3n) is 7.84. The van der Waals surface area contributed by atoms with Gasteiger partial charge in [-0.15, -0.1) is 0 Å². The van der Waals surface area contributed by atoms with Gasteiger partial charge in [0, 0.05) is 48.8 Å². The van der Waals surface area contributed by atoms with Crippen LogP contribution < -0.4 is 15.5 Å². The number of benzene rings is 3. The molecule has 1 aliphatic heterocycles. The minimum atomic E-state index is -0.165. The van der Waals surface area contributed by atoms with Crippen LogP contribution in [-0.4, -0.2) is 45.9 Å². The van der Waals surface area contributed by atoms with Crippen molar-refractivity contribution in [2.75, 3.05) is 23.3 Å². The van der Waals surface area contributed by atoms with Crippen LogP contribution in [0.5, 0.6) is 0 Å². The molecular formula is C31H34N6O2. The van der Waals surface area contributed by atoms with E-state index in [9.17, 15) is 9.59 Å². The van der Waals surface area contributed by atoms with Crippen LogP contribution in [0.1, 0.15) is 53.7 Å². The summed E-state index contributed by atoms with van der Waals surface area (Å²) < 4.78 is 0. The lowest BCUT2D eigenvalue weighted by molar-refractivity contribution is 0.0753. The van der Waals surface area contributed by atoms with Crippen LogP contribution in [0, 0.1) is 0 Å². The normalized spacial score (nSPS) is 16.0. The van der Waals surface area contributed by atoms with E-state index >= 15 is 0 Å². The molecule has 3 N–H and O–H groups in total. The van der Waals surface area contributed by atoms with E-state index in [0.717, 1.165) is 46.2 Å². The van der Waals surface area contributed by atoms with Gasteiger partial charge in [-0.25, -0.2) is 9.78 Å². The van der Waals surface area contributed by atoms with E-state index < -0.39 is 0 Å². The molecule has 2 heterocycles. The van der Waals surface area contributed by atoms with Crippen molar-refractivity contribution in [3.63, 3.8) is 0 Å². The molecule has 8 heteroatoms. The second kappa shape index (κ2) is 11.2. The van der Waals surface area contributed by atoms with Crippen LogP contribution in [0.3, 0.4) is 0 Å². The number of carbonyl (C=O) groups excluding carboxylic acids is 2. The fraction of sp³-hybridized carbons (Fsp3) is 0.323. The first kappa shape index (κ1) is 25.0. The fourth-order valence-corrected chi connectivity index (χ4v) is 5.81. The third-order valence-corrected chi connectivity index (χ3v) is 7.84. The lowest BCUT2D eigenvalue weighted by atomic mass is 9.96. The van der Waals surface area contributed by atoms with E-state index in [0.29, 0.717) is 31.7 Å². The summed E-state index contributed by atoms with van der Waals surface area (Å²) in [5.41, 5.74) is 4.41. The first-order chi connectivity index (χ1) is 19.1. The van der Waals surface area contributed by atoms with E-state index in [1.54, 1.807) is 6.33 Å². The number of aromatic nitrogens is 2. The van der Waals surface area contributed by atoms with Crippen molar-refractivity contribution in [3.8, 4) is 0 Å². The Kier molecular flexibility index (Phi) is 7.17. The molecule has 0 saturated heterocycles. The van der Waals surface area contributed by atoms with Crippen LogP contribution in [0.4, 0.5) is 16.2 Å². The fourth-order valence-electron chi connectivity index (χ4n) is 5.81. The molecule has 6 rings (SSSR count). The molecule has 0 atom stereocenters. The van der Waals surface area contributed by atoms with Crippen LogP contribution in [-0.2, 0) is 13.1 Å². The van der Waals surface area contributed by atoms with Gasteiger partial charge >= 0.3 is 6.03 Å². The molecule has 1 aromatic heterocycles. The van der Waals surface area contributed by atoms with Gasteiger partial charge in [0.1, 0.15) is 0 Å². The number of anilines is 2. The summed E-state index contributed by atoms with van der Waals surface area (Å²) in [5.74, 6) is 0.0217. The topological polar surface area (TPSA) is 93.4 Å². The standard InChI is InChI=1S/C31H34N6O2/c38-30(28-12-6-8-22-7-4-5-11-27(22)28)37-16-15-36(20-26-18-32-21-33-26)29-17-25(14-13-23(29)19-37)35-31(39)34-24-9-2-1-3-10-24/h4-8,11-14,17-18,21,24H,1-3,9-10,15-16,19-20H2,(H,32,33)(H2,34,35,39). The van der Waals surface area contributed by atoms with Crippen molar-refractivity contribution in [1.29, 1.82) is 0 Å². The third kappa shape index (κ3) is 5.60. The number of imidazole rings is 1. The zero-order valence-corrected chi connectivity index (χ0v) is 22.0. The van der Waals surface area contributed by atoms with Gasteiger partial charge in [0.15, 0.2) is 0 Å². The van der Waals surface area contributed by atoms with Crippen molar-refractivity contribution in [2.45, 2.75) is 51.2 Å². The Morgan fingerprint density at radius 3 is 2.67 bits per heavy atom. The minimum absolute atomic E-state index is 0.0217. The Morgan fingerprint density at radius 1 is 0.974 bits per heavy atom. The molecule has 1 aliphatic carbocycles. The van der Waals surface area contributed by atoms with Gasteiger partial charge in [-0.1, -0.05) is 61.7 Å². The lowest BCUT2D eigenvalue weighted by Crippen LogP contribution is -2.39. The van der Waals surface area contributed by atoms with Crippen LogP contribution in [0.15, 0.2) is 73.2 Å². The monoisotopic (exact) mass is 522 g/mol. The number of urea groups is 1. The lowest BCUT2D eigenvalue weighted by Gasteiger charge is -2.25. The second-order valence-corrected chi connectivity index (χ2v) is 10.5. The largest absolute Gasteiger partial charge is 0.363 e. The van der Waals surface area contributed by atoms with Crippen molar-refractivity contribution >= 4 is 34.1 Å². The predicted molar refractivity (Wildman–Crippen MR) is 154 cm³/mol. The van der Waals surface area contributed by atoms with Crippen LogP contribution in [0.25, 0.3) is 10.8 Å². The molecular weight excluding hydrogens is 488 g/mol. The van der Waals surface area contributed by atoms with Gasteiger partial charge in [-0.05, 0) is 47.4 Å². The Balaban J connectivity index is 1.26. The van der Waals surface area contributed by atoms with Gasteiger partial charge in [-0.3, -0.25) is 4.79 Å². The molecule has 0 unspecified atom stereocenters. The number of aromatic amines is 1. The van der Waals surface area contributed by atoms with Gasteiger partial charge < -0.3 is 25.4 Å². The number of hydrogen-bond donors (Lipinski definition) is 3. The second-order valence-electron chi connectivity index (χ2n) is 10.5. The van der Waals surface area contributed by atoms with Gasteiger partial charge in [-0.2, -0.15) is 0 Å². The average molecular weight is 523 g/mol. The molecule has 1 fully saturated rings. The first-order valence-electron chi connectivity index (χ1n) is 13.8. The van der Waals surface area contributed by atoms with E-state index in [2.05, 4.69) is 25.5 Å². The summed E-state index contributed by atoms with van der Waals surface area (Å²) >= 11 is 0. The van der Waals surface area contributed by atoms with E-state index in [-0.39, 0.29) is 18.0 Å². The van der Waals surface area contributed by atoms with Crippen molar-refractivity contribution in [1.82, 2.24) is 20.2 Å². The van der Waals surface area contributed by atoms with Crippen molar-refractivity contribution < 1.29 is 9.59 Å². The average Bonchev–Trinajstić information content (AvgIpc) is 3.41. The molecule has 4 aromatic rings. The quantitative estimate of drug-likeness (QED) is 0.314. The maximum atomic E-state index is 13.8. The highest BCUT2D eigenvalue weighted by molar-refractivity contribution is 6.07. The molecule has 200 valence electrons. The number of amides is 3. The number of rotatable bonds is 5. The summed E-state index contributed by atoms with van der Waals surface area (Å²) in [7, 11) is 0. The Hall–Kier alpha value is -4.33. The molecule has 39 heavy (non-hydrogen) atoms. The molecule has 3 amide bonds.